The molecule has 2 aliphatic rings. The van der Waals surface area contributed by atoms with Crippen LogP contribution in [0.2, 0.25) is 5.02 Å². The van der Waals surface area contributed by atoms with Crippen LogP contribution in [-0.4, -0.2) is 42.2 Å². The van der Waals surface area contributed by atoms with E-state index in [2.05, 4.69) is 54.6 Å². The molecule has 6 atom stereocenters. The smallest absolute Gasteiger partial charge is 0.119 e. The molecular weight excluding hydrogens is 660 g/mol. The Bertz CT molecular complexity index is 1820. The van der Waals surface area contributed by atoms with E-state index in [1.54, 1.807) is 0 Å². The summed E-state index contributed by atoms with van der Waals surface area (Å²) in [5.41, 5.74) is 5.45. The van der Waals surface area contributed by atoms with Gasteiger partial charge in [0.25, 0.3) is 0 Å². The van der Waals surface area contributed by atoms with Crippen molar-refractivity contribution >= 4 is 11.6 Å². The third kappa shape index (κ3) is 8.39. The van der Waals surface area contributed by atoms with Crippen LogP contribution < -0.4 is 4.74 Å². The van der Waals surface area contributed by atoms with Gasteiger partial charge in [0.1, 0.15) is 35.8 Å². The summed E-state index contributed by atoms with van der Waals surface area (Å²) in [6, 6.07) is 44.7. The fraction of sp³-hybridized carbons (Fsp3) is 0.318. The largest absolute Gasteiger partial charge is 0.494 e. The first-order valence-electron chi connectivity index (χ1n) is 17.8. The maximum Gasteiger partial charge on any atom is 0.119 e. The van der Waals surface area contributed by atoms with Crippen LogP contribution in [-0.2, 0) is 45.2 Å². The van der Waals surface area contributed by atoms with E-state index >= 15 is 0 Å². The number of hydrogen-bond acceptors (Lipinski definition) is 6. The van der Waals surface area contributed by atoms with E-state index in [9.17, 15) is 5.11 Å². The second-order valence-electron chi connectivity index (χ2n) is 13.4. The van der Waals surface area contributed by atoms with Crippen LogP contribution in [0.25, 0.3) is 0 Å². The van der Waals surface area contributed by atoms with E-state index < -0.39 is 30.0 Å². The summed E-state index contributed by atoms with van der Waals surface area (Å²) in [5.74, 6) is 0.739. The third-order valence-corrected chi connectivity index (χ3v) is 10.3. The van der Waals surface area contributed by atoms with Crippen molar-refractivity contribution in [2.24, 2.45) is 5.92 Å². The van der Waals surface area contributed by atoms with E-state index in [4.69, 9.17) is 35.3 Å². The Labute approximate surface area is 305 Å². The molecule has 0 amide bonds. The minimum atomic E-state index is -0.753. The monoisotopic (exact) mass is 704 g/mol. The molecule has 0 radical (unpaired) electrons. The van der Waals surface area contributed by atoms with Crippen LogP contribution in [0.3, 0.4) is 0 Å². The predicted octanol–water partition coefficient (Wildman–Crippen LogP) is 8.91. The van der Waals surface area contributed by atoms with Gasteiger partial charge in [-0.1, -0.05) is 127 Å². The first-order chi connectivity index (χ1) is 25.1. The summed E-state index contributed by atoms with van der Waals surface area (Å²) in [6.45, 7) is 3.70. The van der Waals surface area contributed by atoms with E-state index in [1.807, 2.05) is 85.8 Å². The molecule has 264 valence electrons. The average molecular weight is 705 g/mol. The Kier molecular flexibility index (Phi) is 11.5. The van der Waals surface area contributed by atoms with E-state index in [0.717, 1.165) is 39.1 Å². The molecule has 1 aliphatic heterocycles. The Balaban J connectivity index is 1.26. The highest BCUT2D eigenvalue weighted by Crippen LogP contribution is 2.58. The van der Waals surface area contributed by atoms with Gasteiger partial charge >= 0.3 is 0 Å². The van der Waals surface area contributed by atoms with Gasteiger partial charge in [0.15, 0.2) is 0 Å². The van der Waals surface area contributed by atoms with Crippen LogP contribution in [0.15, 0.2) is 133 Å². The van der Waals surface area contributed by atoms with E-state index in [-0.39, 0.29) is 12.5 Å². The molecule has 2 unspecified atom stereocenters. The summed E-state index contributed by atoms with van der Waals surface area (Å²) < 4.78 is 33.5. The van der Waals surface area contributed by atoms with Crippen molar-refractivity contribution in [3.8, 4) is 5.75 Å². The van der Waals surface area contributed by atoms with Crippen LogP contribution in [0, 0.1) is 5.92 Å². The predicted molar refractivity (Wildman–Crippen MR) is 199 cm³/mol. The van der Waals surface area contributed by atoms with Crippen LogP contribution in [0.4, 0.5) is 0 Å². The molecule has 5 aromatic rings. The van der Waals surface area contributed by atoms with Crippen molar-refractivity contribution in [2.75, 3.05) is 13.2 Å². The van der Waals surface area contributed by atoms with Crippen LogP contribution in [0.1, 0.15) is 52.8 Å². The second-order valence-corrected chi connectivity index (χ2v) is 13.8. The van der Waals surface area contributed by atoms with Gasteiger partial charge in [-0.25, -0.2) is 0 Å². The molecule has 7 heteroatoms. The zero-order valence-electron chi connectivity index (χ0n) is 28.9. The number of benzene rings is 5. The van der Waals surface area contributed by atoms with Gasteiger partial charge in [0, 0.05) is 17.5 Å². The Morgan fingerprint density at radius 3 is 1.80 bits per heavy atom. The summed E-state index contributed by atoms with van der Waals surface area (Å²) in [5, 5.41) is 11.2. The Hall–Kier alpha value is -4.01. The standard InChI is InChI=1S/C44H45ClO6/c1-2-47-38-21-18-31(19-22-38)24-36-25-35(20-23-39(36)45)40-41(48-28-32-12-6-3-7-13-32)42(49-29-33-14-8-4-9-15-33)43(44(51-40)26-37(44)27-46)50-30-34-16-10-5-11-17-34/h3-23,25,37,40-43,46H,2,24,26-30H2,1H3/t37?,40-,41-,42+,43-,44?/m0/s1. The van der Waals surface area contributed by atoms with Gasteiger partial charge in [-0.3, -0.25) is 0 Å². The lowest BCUT2D eigenvalue weighted by Gasteiger charge is -2.48. The van der Waals surface area contributed by atoms with Crippen LogP contribution >= 0.6 is 11.6 Å². The van der Waals surface area contributed by atoms with Crippen molar-refractivity contribution in [2.45, 2.75) is 69.6 Å². The number of rotatable bonds is 15. The maximum absolute atomic E-state index is 10.6. The van der Waals surface area contributed by atoms with Gasteiger partial charge in [-0.2, -0.15) is 0 Å². The molecule has 2 fully saturated rings. The molecule has 51 heavy (non-hydrogen) atoms. The SMILES string of the molecule is CCOc1ccc(Cc2cc([C@@H]3OC4(CC4CO)[C@@H](OCc4ccccc4)[C@H](OCc4ccccc4)[C@H]3OCc3ccccc3)ccc2Cl)cc1. The zero-order valence-corrected chi connectivity index (χ0v) is 29.7. The molecule has 0 bridgehead atoms. The molecule has 7 rings (SSSR count). The Morgan fingerprint density at radius 2 is 1.25 bits per heavy atom. The molecule has 1 saturated carbocycles. The second kappa shape index (κ2) is 16.6. The molecule has 1 aliphatic carbocycles. The Morgan fingerprint density at radius 1 is 0.686 bits per heavy atom. The molecule has 6 nitrogen and oxygen atoms in total. The number of ether oxygens (including phenoxy) is 5. The first kappa shape index (κ1) is 35.4. The van der Waals surface area contributed by atoms with E-state index in [0.29, 0.717) is 44.3 Å². The fourth-order valence-electron chi connectivity index (χ4n) is 7.18. The van der Waals surface area contributed by atoms with Gasteiger partial charge in [0.05, 0.1) is 26.4 Å². The van der Waals surface area contributed by atoms with Crippen molar-refractivity contribution < 1.29 is 28.8 Å². The normalized spacial score (nSPS) is 24.0. The minimum absolute atomic E-state index is 0.0114. The number of aliphatic hydroxyl groups is 1. The molecule has 1 N–H and O–H groups in total. The topological polar surface area (TPSA) is 66.4 Å². The van der Waals surface area contributed by atoms with Gasteiger partial charge in [-0.05, 0) is 71.3 Å². The van der Waals surface area contributed by atoms with Gasteiger partial charge < -0.3 is 28.8 Å². The lowest BCUT2D eigenvalue weighted by atomic mass is 9.87. The lowest BCUT2D eigenvalue weighted by molar-refractivity contribution is -0.281. The maximum atomic E-state index is 10.6. The van der Waals surface area contributed by atoms with Crippen molar-refractivity contribution in [3.05, 3.63) is 172 Å². The van der Waals surface area contributed by atoms with Crippen molar-refractivity contribution in [3.63, 3.8) is 0 Å². The third-order valence-electron chi connectivity index (χ3n) is 9.94. The molecule has 0 aromatic heterocycles. The molecule has 1 heterocycles. The number of aliphatic hydroxyl groups excluding tert-OH is 1. The molecule has 5 aromatic carbocycles. The quantitative estimate of drug-likeness (QED) is 0.117. The average Bonchev–Trinajstić information content (AvgIpc) is 3.88. The molecule has 1 spiro atoms. The summed E-state index contributed by atoms with van der Waals surface area (Å²) in [4.78, 5) is 0. The highest BCUT2D eigenvalue weighted by atomic mass is 35.5. The van der Waals surface area contributed by atoms with Crippen LogP contribution in [0.5, 0.6) is 5.75 Å². The molecular formula is C44H45ClO6. The fourth-order valence-corrected chi connectivity index (χ4v) is 7.36. The van der Waals surface area contributed by atoms with Gasteiger partial charge in [-0.15, -0.1) is 0 Å². The minimum Gasteiger partial charge on any atom is -0.494 e. The summed E-state index contributed by atoms with van der Waals surface area (Å²) in [6.07, 6.45) is -0.770. The summed E-state index contributed by atoms with van der Waals surface area (Å²) in [7, 11) is 0. The molecule has 1 saturated heterocycles. The van der Waals surface area contributed by atoms with Crippen molar-refractivity contribution in [1.29, 1.82) is 0 Å². The zero-order chi connectivity index (χ0) is 35.0. The lowest BCUT2D eigenvalue weighted by Crippen LogP contribution is -2.59. The van der Waals surface area contributed by atoms with Crippen molar-refractivity contribution in [1.82, 2.24) is 0 Å². The number of hydrogen-bond donors (Lipinski definition) is 1. The number of halogens is 1. The van der Waals surface area contributed by atoms with E-state index in [1.165, 1.54) is 0 Å². The highest BCUT2D eigenvalue weighted by Gasteiger charge is 2.68. The summed E-state index contributed by atoms with van der Waals surface area (Å²) >= 11 is 6.85. The first-order valence-corrected chi connectivity index (χ1v) is 18.2. The van der Waals surface area contributed by atoms with Gasteiger partial charge in [0.2, 0.25) is 0 Å². The highest BCUT2D eigenvalue weighted by molar-refractivity contribution is 6.31.